The molecule has 0 fully saturated rings. The van der Waals surface area contributed by atoms with Crippen molar-refractivity contribution in [3.05, 3.63) is 59.1 Å². The maximum absolute atomic E-state index is 11.8. The van der Waals surface area contributed by atoms with Crippen molar-refractivity contribution in [1.29, 1.82) is 0 Å². The third-order valence-electron chi connectivity index (χ3n) is 2.73. The summed E-state index contributed by atoms with van der Waals surface area (Å²) in [5, 5.41) is 10.1. The van der Waals surface area contributed by atoms with E-state index in [2.05, 4.69) is 4.99 Å². The Morgan fingerprint density at radius 3 is 2.70 bits per heavy atom. The number of hydrogen-bond donors (Lipinski definition) is 1. The molecule has 0 aliphatic rings. The quantitative estimate of drug-likeness (QED) is 0.847. The smallest absolute Gasteiger partial charge is 0.142 e. The summed E-state index contributed by atoms with van der Waals surface area (Å²) in [5.41, 5.74) is 1.35. The predicted molar refractivity (Wildman–Crippen MR) is 81.0 cm³/mol. The summed E-state index contributed by atoms with van der Waals surface area (Å²) in [6.07, 6.45) is 2.10. The Bertz CT molecular complexity index is 624. The zero-order chi connectivity index (χ0) is 14.4. The number of halogens is 1. The second kappa shape index (κ2) is 6.87. The maximum Gasteiger partial charge on any atom is 0.142 e. The molecule has 2 rings (SSSR count). The highest BCUT2D eigenvalue weighted by atomic mass is 35.5. The number of ketones is 1. The van der Waals surface area contributed by atoms with E-state index in [0.29, 0.717) is 17.1 Å². The van der Waals surface area contributed by atoms with Crippen LogP contribution in [0.4, 0.5) is 5.69 Å². The molecule has 0 unspecified atom stereocenters. The number of phenolic OH excluding ortho intramolecular Hbond substituents is 1. The van der Waals surface area contributed by atoms with Crippen LogP contribution in [0.15, 0.2) is 53.5 Å². The van der Waals surface area contributed by atoms with E-state index >= 15 is 0 Å². The van der Waals surface area contributed by atoms with Gasteiger partial charge in [0.15, 0.2) is 0 Å². The van der Waals surface area contributed by atoms with Crippen LogP contribution in [0, 0.1) is 0 Å². The van der Waals surface area contributed by atoms with Crippen molar-refractivity contribution in [3.63, 3.8) is 0 Å². The van der Waals surface area contributed by atoms with Gasteiger partial charge in [0.1, 0.15) is 17.2 Å². The van der Waals surface area contributed by atoms with Crippen LogP contribution in [-0.2, 0) is 11.2 Å². The van der Waals surface area contributed by atoms with Crippen molar-refractivity contribution in [3.8, 4) is 5.75 Å². The van der Waals surface area contributed by atoms with Crippen molar-refractivity contribution < 1.29 is 9.90 Å². The number of carbonyl (C=O) groups excluding carboxylic acids is 1. The summed E-state index contributed by atoms with van der Waals surface area (Å²) in [6.45, 7) is 0. The van der Waals surface area contributed by atoms with Gasteiger partial charge in [-0.1, -0.05) is 41.9 Å². The molecular weight excluding hydrogens is 274 g/mol. The first-order chi connectivity index (χ1) is 9.65. The van der Waals surface area contributed by atoms with Gasteiger partial charge in [0.05, 0.1) is 0 Å². The lowest BCUT2D eigenvalue weighted by Crippen LogP contribution is -2.02. The van der Waals surface area contributed by atoms with Gasteiger partial charge in [-0.25, -0.2) is 0 Å². The lowest BCUT2D eigenvalue weighted by Gasteiger charge is -2.00. The van der Waals surface area contributed by atoms with Crippen molar-refractivity contribution in [1.82, 2.24) is 0 Å². The second-order valence-electron chi connectivity index (χ2n) is 4.35. The van der Waals surface area contributed by atoms with Crippen LogP contribution >= 0.6 is 11.6 Å². The molecule has 0 aliphatic carbocycles. The number of carbonyl (C=O) groups is 1. The number of benzene rings is 2. The topological polar surface area (TPSA) is 49.7 Å². The molecule has 0 saturated heterocycles. The van der Waals surface area contributed by atoms with Gasteiger partial charge in [-0.3, -0.25) is 9.79 Å². The van der Waals surface area contributed by atoms with E-state index in [1.165, 1.54) is 12.3 Å². The fourth-order valence-corrected chi connectivity index (χ4v) is 1.91. The molecule has 0 aliphatic heterocycles. The van der Waals surface area contributed by atoms with E-state index in [1.807, 2.05) is 30.3 Å². The zero-order valence-corrected chi connectivity index (χ0v) is 11.5. The fraction of sp³-hybridized carbons (Fsp3) is 0.125. The van der Waals surface area contributed by atoms with Crippen LogP contribution < -0.4 is 0 Å². The third kappa shape index (κ3) is 4.21. The molecule has 20 heavy (non-hydrogen) atoms. The molecule has 3 nitrogen and oxygen atoms in total. The SMILES string of the molecule is O=C(CC=Nc1cc(Cl)ccc1O)Cc1ccccc1. The van der Waals surface area contributed by atoms with E-state index in [9.17, 15) is 9.90 Å². The number of phenols is 1. The molecule has 4 heteroatoms. The van der Waals surface area contributed by atoms with E-state index in [-0.39, 0.29) is 18.0 Å². The molecular formula is C16H14ClNO2. The van der Waals surface area contributed by atoms with Crippen molar-refractivity contribution in [2.45, 2.75) is 12.8 Å². The minimum atomic E-state index is 0.0427. The molecule has 2 aromatic carbocycles. The highest BCUT2D eigenvalue weighted by Crippen LogP contribution is 2.28. The van der Waals surface area contributed by atoms with Crippen LogP contribution in [0.1, 0.15) is 12.0 Å². The third-order valence-corrected chi connectivity index (χ3v) is 2.97. The summed E-state index contributed by atoms with van der Waals surface area (Å²) in [4.78, 5) is 15.8. The normalized spacial score (nSPS) is 10.8. The molecule has 0 amide bonds. The summed E-state index contributed by atoms with van der Waals surface area (Å²) in [5.74, 6) is 0.114. The Morgan fingerprint density at radius 1 is 1.20 bits per heavy atom. The number of hydrogen-bond acceptors (Lipinski definition) is 3. The Balaban J connectivity index is 1.93. The van der Waals surface area contributed by atoms with Crippen molar-refractivity contribution in [2.75, 3.05) is 0 Å². The Labute approximate surface area is 122 Å². The van der Waals surface area contributed by atoms with E-state index in [1.54, 1.807) is 12.1 Å². The average molecular weight is 288 g/mol. The summed E-state index contributed by atoms with van der Waals surface area (Å²) in [7, 11) is 0. The minimum absolute atomic E-state index is 0.0427. The zero-order valence-electron chi connectivity index (χ0n) is 10.8. The van der Waals surface area contributed by atoms with Gasteiger partial charge < -0.3 is 5.11 Å². The molecule has 0 spiro atoms. The van der Waals surface area contributed by atoms with E-state index in [4.69, 9.17) is 11.6 Å². The molecule has 0 bridgehead atoms. The molecule has 0 radical (unpaired) electrons. The average Bonchev–Trinajstić information content (AvgIpc) is 2.44. The van der Waals surface area contributed by atoms with Gasteiger partial charge in [0, 0.05) is 24.1 Å². The second-order valence-corrected chi connectivity index (χ2v) is 4.79. The highest BCUT2D eigenvalue weighted by Gasteiger charge is 2.03. The molecule has 0 atom stereocenters. The van der Waals surface area contributed by atoms with Gasteiger partial charge in [-0.15, -0.1) is 0 Å². The first-order valence-corrected chi connectivity index (χ1v) is 6.59. The van der Waals surface area contributed by atoms with Gasteiger partial charge in [-0.05, 0) is 23.8 Å². The Hall–Kier alpha value is -2.13. The predicted octanol–water partition coefficient (Wildman–Crippen LogP) is 3.95. The maximum atomic E-state index is 11.8. The molecule has 0 saturated carbocycles. The first-order valence-electron chi connectivity index (χ1n) is 6.22. The van der Waals surface area contributed by atoms with Crippen LogP contribution in [0.25, 0.3) is 0 Å². The first kappa shape index (κ1) is 14.3. The molecule has 0 heterocycles. The van der Waals surface area contributed by atoms with Crippen molar-refractivity contribution >= 4 is 29.3 Å². The molecule has 2 aromatic rings. The van der Waals surface area contributed by atoms with Gasteiger partial charge in [-0.2, -0.15) is 0 Å². The number of Topliss-reactive ketones (excluding diaryl/α,β-unsaturated/α-hetero) is 1. The van der Waals surface area contributed by atoms with Crippen LogP contribution in [0.5, 0.6) is 5.75 Å². The van der Waals surface area contributed by atoms with Gasteiger partial charge in [0.25, 0.3) is 0 Å². The van der Waals surface area contributed by atoms with Crippen molar-refractivity contribution in [2.24, 2.45) is 4.99 Å². The van der Waals surface area contributed by atoms with Crippen LogP contribution in [0.2, 0.25) is 5.02 Å². The van der Waals surface area contributed by atoms with E-state index < -0.39 is 0 Å². The summed E-state index contributed by atoms with van der Waals surface area (Å²) < 4.78 is 0. The molecule has 0 aromatic heterocycles. The van der Waals surface area contributed by atoms with Gasteiger partial charge >= 0.3 is 0 Å². The van der Waals surface area contributed by atoms with E-state index in [0.717, 1.165) is 5.56 Å². The monoisotopic (exact) mass is 287 g/mol. The number of aliphatic imine (C=N–C) groups is 1. The minimum Gasteiger partial charge on any atom is -0.506 e. The Kier molecular flexibility index (Phi) is 4.91. The molecule has 1 N–H and O–H groups in total. The number of aromatic hydroxyl groups is 1. The number of rotatable bonds is 5. The lowest BCUT2D eigenvalue weighted by molar-refractivity contribution is -0.117. The fourth-order valence-electron chi connectivity index (χ4n) is 1.74. The van der Waals surface area contributed by atoms with Crippen LogP contribution in [0.3, 0.4) is 0 Å². The largest absolute Gasteiger partial charge is 0.506 e. The summed E-state index contributed by atoms with van der Waals surface area (Å²) >= 11 is 5.81. The molecule has 102 valence electrons. The highest BCUT2D eigenvalue weighted by molar-refractivity contribution is 6.30. The summed E-state index contributed by atoms with van der Waals surface area (Å²) in [6, 6.07) is 14.2. The van der Waals surface area contributed by atoms with Crippen LogP contribution in [-0.4, -0.2) is 17.1 Å². The lowest BCUT2D eigenvalue weighted by atomic mass is 10.1. The Morgan fingerprint density at radius 2 is 1.95 bits per heavy atom. The standard InChI is InChI=1S/C16H14ClNO2/c17-13-6-7-16(20)15(11-13)18-9-8-14(19)10-12-4-2-1-3-5-12/h1-7,9,11,20H,8,10H2. The van der Waals surface area contributed by atoms with Gasteiger partial charge in [0.2, 0.25) is 0 Å². The number of nitrogens with zero attached hydrogens (tertiary/aromatic N) is 1.